The molecule has 0 amide bonds. The molecule has 0 aliphatic rings. The summed E-state index contributed by atoms with van der Waals surface area (Å²) in [6.07, 6.45) is 4.03. The highest BCUT2D eigenvalue weighted by atomic mass is 15.0. The lowest BCUT2D eigenvalue weighted by molar-refractivity contribution is 0.606. The molecule has 4 heteroatoms. The molecule has 0 radical (unpaired) electrons. The van der Waals surface area contributed by atoms with Gasteiger partial charge in [0.2, 0.25) is 0 Å². The quantitative estimate of drug-likeness (QED) is 0.786. The maximum atomic E-state index is 8.76. The molecule has 0 atom stereocenters. The van der Waals surface area contributed by atoms with Crippen molar-refractivity contribution in [2.24, 2.45) is 5.92 Å². The minimum absolute atomic E-state index is 0.497. The second kappa shape index (κ2) is 5.18. The Morgan fingerprint density at radius 1 is 1.57 bits per heavy atom. The molecule has 1 heterocycles. The van der Waals surface area contributed by atoms with E-state index >= 15 is 0 Å². The van der Waals surface area contributed by atoms with Crippen LogP contribution in [-0.4, -0.2) is 16.5 Å². The van der Waals surface area contributed by atoms with Crippen LogP contribution in [0.5, 0.6) is 0 Å². The van der Waals surface area contributed by atoms with Crippen LogP contribution >= 0.6 is 0 Å². The number of nitriles is 1. The summed E-state index contributed by atoms with van der Waals surface area (Å²) < 4.78 is 0. The van der Waals surface area contributed by atoms with Crippen LogP contribution in [-0.2, 0) is 0 Å². The Balaban J connectivity index is 2.54. The summed E-state index contributed by atoms with van der Waals surface area (Å²) in [5, 5.41) is 11.9. The Labute approximate surface area is 84.0 Å². The molecule has 74 valence electrons. The van der Waals surface area contributed by atoms with Crippen molar-refractivity contribution in [1.29, 1.82) is 5.26 Å². The molecular weight excluding hydrogens is 176 g/mol. The SMILES string of the molecule is CC(C)CCNc1ncncc1C#N. The van der Waals surface area contributed by atoms with Crippen molar-refractivity contribution in [1.82, 2.24) is 9.97 Å². The van der Waals surface area contributed by atoms with E-state index in [2.05, 4.69) is 29.1 Å². The Morgan fingerprint density at radius 2 is 2.36 bits per heavy atom. The molecule has 1 aromatic rings. The van der Waals surface area contributed by atoms with Crippen molar-refractivity contribution in [2.75, 3.05) is 11.9 Å². The lowest BCUT2D eigenvalue weighted by Gasteiger charge is -2.07. The van der Waals surface area contributed by atoms with Crippen LogP contribution in [0.3, 0.4) is 0 Å². The molecule has 4 nitrogen and oxygen atoms in total. The van der Waals surface area contributed by atoms with E-state index in [4.69, 9.17) is 5.26 Å². The van der Waals surface area contributed by atoms with Gasteiger partial charge in [-0.2, -0.15) is 5.26 Å². The third-order valence-electron chi connectivity index (χ3n) is 1.85. The highest BCUT2D eigenvalue weighted by Gasteiger charge is 2.01. The Bertz CT molecular complexity index is 327. The first-order chi connectivity index (χ1) is 6.74. The van der Waals surface area contributed by atoms with E-state index in [9.17, 15) is 0 Å². The van der Waals surface area contributed by atoms with Crippen LogP contribution in [0.25, 0.3) is 0 Å². The summed E-state index contributed by atoms with van der Waals surface area (Å²) in [4.78, 5) is 7.79. The van der Waals surface area contributed by atoms with Gasteiger partial charge in [-0.25, -0.2) is 9.97 Å². The predicted molar refractivity (Wildman–Crippen MR) is 54.7 cm³/mol. The number of aromatic nitrogens is 2. The number of nitrogens with one attached hydrogen (secondary N) is 1. The van der Waals surface area contributed by atoms with Gasteiger partial charge in [-0.1, -0.05) is 13.8 Å². The van der Waals surface area contributed by atoms with Crippen LogP contribution in [0.4, 0.5) is 5.82 Å². The number of nitrogens with zero attached hydrogens (tertiary/aromatic N) is 3. The van der Waals surface area contributed by atoms with Gasteiger partial charge in [0.05, 0.1) is 6.20 Å². The fourth-order valence-corrected chi connectivity index (χ4v) is 1.03. The zero-order valence-corrected chi connectivity index (χ0v) is 8.49. The zero-order valence-electron chi connectivity index (χ0n) is 8.49. The van der Waals surface area contributed by atoms with E-state index in [1.807, 2.05) is 6.07 Å². The van der Waals surface area contributed by atoms with Crippen LogP contribution in [0.1, 0.15) is 25.8 Å². The van der Waals surface area contributed by atoms with Crippen molar-refractivity contribution in [3.8, 4) is 6.07 Å². The maximum Gasteiger partial charge on any atom is 0.147 e. The number of rotatable bonds is 4. The molecule has 14 heavy (non-hydrogen) atoms. The number of hydrogen-bond donors (Lipinski definition) is 1. The molecular formula is C10H14N4. The molecule has 0 aromatic carbocycles. The molecule has 0 aliphatic carbocycles. The molecule has 1 rings (SSSR count). The summed E-state index contributed by atoms with van der Waals surface area (Å²) in [6.45, 7) is 5.16. The van der Waals surface area contributed by atoms with Crippen molar-refractivity contribution in [3.05, 3.63) is 18.1 Å². The van der Waals surface area contributed by atoms with Gasteiger partial charge in [0.1, 0.15) is 23.8 Å². The molecule has 0 saturated carbocycles. The highest BCUT2D eigenvalue weighted by Crippen LogP contribution is 2.08. The lowest BCUT2D eigenvalue weighted by atomic mass is 10.1. The van der Waals surface area contributed by atoms with Gasteiger partial charge in [0.25, 0.3) is 0 Å². The summed E-state index contributed by atoms with van der Waals surface area (Å²) in [7, 11) is 0. The Hall–Kier alpha value is -1.63. The Kier molecular flexibility index (Phi) is 3.86. The number of anilines is 1. The summed E-state index contributed by atoms with van der Waals surface area (Å²) >= 11 is 0. The molecule has 0 fully saturated rings. The predicted octanol–water partition coefficient (Wildman–Crippen LogP) is 1.81. The van der Waals surface area contributed by atoms with Gasteiger partial charge in [-0.15, -0.1) is 0 Å². The minimum atomic E-state index is 0.497. The first-order valence-electron chi connectivity index (χ1n) is 4.68. The zero-order chi connectivity index (χ0) is 10.4. The van der Waals surface area contributed by atoms with E-state index in [1.165, 1.54) is 12.5 Å². The number of hydrogen-bond acceptors (Lipinski definition) is 4. The smallest absolute Gasteiger partial charge is 0.147 e. The average molecular weight is 190 g/mol. The monoisotopic (exact) mass is 190 g/mol. The lowest BCUT2D eigenvalue weighted by Crippen LogP contribution is -2.07. The van der Waals surface area contributed by atoms with E-state index in [1.54, 1.807) is 0 Å². The fourth-order valence-electron chi connectivity index (χ4n) is 1.03. The molecule has 0 spiro atoms. The summed E-state index contributed by atoms with van der Waals surface area (Å²) in [5.41, 5.74) is 0.497. The van der Waals surface area contributed by atoms with Gasteiger partial charge in [-0.05, 0) is 12.3 Å². The topological polar surface area (TPSA) is 61.6 Å². The van der Waals surface area contributed by atoms with Crippen LogP contribution in [0, 0.1) is 17.2 Å². The van der Waals surface area contributed by atoms with Gasteiger partial charge < -0.3 is 5.32 Å². The molecule has 0 unspecified atom stereocenters. The Morgan fingerprint density at radius 3 is 3.00 bits per heavy atom. The van der Waals surface area contributed by atoms with Gasteiger partial charge in [0, 0.05) is 6.54 Å². The van der Waals surface area contributed by atoms with Crippen LogP contribution in [0.2, 0.25) is 0 Å². The average Bonchev–Trinajstić information content (AvgIpc) is 2.18. The molecule has 0 saturated heterocycles. The standard InChI is InChI=1S/C10H14N4/c1-8(2)3-4-13-10-9(5-11)6-12-7-14-10/h6-8H,3-4H2,1-2H3,(H,12,13,14). The van der Waals surface area contributed by atoms with Crippen molar-refractivity contribution in [2.45, 2.75) is 20.3 Å². The largest absolute Gasteiger partial charge is 0.369 e. The maximum absolute atomic E-state index is 8.76. The summed E-state index contributed by atoms with van der Waals surface area (Å²) in [5.74, 6) is 1.28. The van der Waals surface area contributed by atoms with Crippen molar-refractivity contribution in [3.63, 3.8) is 0 Å². The second-order valence-corrected chi connectivity index (χ2v) is 3.51. The molecule has 1 N–H and O–H groups in total. The van der Waals surface area contributed by atoms with E-state index in [-0.39, 0.29) is 0 Å². The summed E-state index contributed by atoms with van der Waals surface area (Å²) in [6, 6.07) is 2.05. The van der Waals surface area contributed by atoms with E-state index < -0.39 is 0 Å². The first-order valence-corrected chi connectivity index (χ1v) is 4.68. The van der Waals surface area contributed by atoms with Crippen LogP contribution < -0.4 is 5.32 Å². The second-order valence-electron chi connectivity index (χ2n) is 3.51. The third-order valence-corrected chi connectivity index (χ3v) is 1.85. The van der Waals surface area contributed by atoms with E-state index in [0.717, 1.165) is 13.0 Å². The van der Waals surface area contributed by atoms with Crippen molar-refractivity contribution < 1.29 is 0 Å². The molecule has 1 aromatic heterocycles. The van der Waals surface area contributed by atoms with Gasteiger partial charge in [0.15, 0.2) is 0 Å². The van der Waals surface area contributed by atoms with Crippen LogP contribution in [0.15, 0.2) is 12.5 Å². The van der Waals surface area contributed by atoms with Gasteiger partial charge in [-0.3, -0.25) is 0 Å². The highest BCUT2D eigenvalue weighted by molar-refractivity contribution is 5.49. The normalized spacial score (nSPS) is 9.86. The van der Waals surface area contributed by atoms with Gasteiger partial charge >= 0.3 is 0 Å². The van der Waals surface area contributed by atoms with Crippen molar-refractivity contribution >= 4 is 5.82 Å². The third kappa shape index (κ3) is 3.02. The minimum Gasteiger partial charge on any atom is -0.369 e. The molecule has 0 bridgehead atoms. The fraction of sp³-hybridized carbons (Fsp3) is 0.500. The molecule has 0 aliphatic heterocycles. The van der Waals surface area contributed by atoms with E-state index in [0.29, 0.717) is 17.3 Å². The first kappa shape index (κ1) is 10.5.